The largest absolute Gasteiger partial charge is 0.482 e. The molecule has 3 aliphatic rings. The first-order chi connectivity index (χ1) is 12.6. The molecule has 1 heterocycles. The highest BCUT2D eigenvalue weighted by Crippen LogP contribution is 2.49. The number of hydrogen-bond acceptors (Lipinski definition) is 3. The molecule has 1 saturated carbocycles. The van der Waals surface area contributed by atoms with Crippen LogP contribution in [0.25, 0.3) is 0 Å². The standard InChI is InChI=1S/C20H24Cl2N2O2/c21-14-8-9-18(16(22)12-14)26-13-19(25)24-20(10-4-1-5-11-20)15-6-2-3-7-17(15)23-24/h7-9,12,15,23H,1-6,10-11,13H2/t15-/m1/s1. The van der Waals surface area contributed by atoms with Gasteiger partial charge in [0.2, 0.25) is 0 Å². The minimum absolute atomic E-state index is 0.0316. The Labute approximate surface area is 164 Å². The van der Waals surface area contributed by atoms with Crippen molar-refractivity contribution in [3.05, 3.63) is 40.0 Å². The van der Waals surface area contributed by atoms with Crippen molar-refractivity contribution in [1.82, 2.24) is 10.4 Å². The fourth-order valence-corrected chi connectivity index (χ4v) is 5.26. The lowest BCUT2D eigenvalue weighted by molar-refractivity contribution is -0.143. The third-order valence-electron chi connectivity index (χ3n) is 5.99. The highest BCUT2D eigenvalue weighted by atomic mass is 35.5. The molecule has 1 saturated heterocycles. The van der Waals surface area contributed by atoms with Gasteiger partial charge < -0.3 is 4.74 Å². The summed E-state index contributed by atoms with van der Waals surface area (Å²) in [4.78, 5) is 13.1. The maximum absolute atomic E-state index is 13.1. The number of allylic oxidation sites excluding steroid dienone is 1. The molecule has 1 atom stereocenters. The van der Waals surface area contributed by atoms with Gasteiger partial charge in [0.05, 0.1) is 10.6 Å². The molecule has 1 aliphatic heterocycles. The molecule has 0 bridgehead atoms. The molecule has 0 aromatic heterocycles. The summed E-state index contributed by atoms with van der Waals surface area (Å²) in [5.41, 5.74) is 4.57. The molecule has 2 fully saturated rings. The van der Waals surface area contributed by atoms with Crippen LogP contribution in [0.5, 0.6) is 5.75 Å². The number of ether oxygens (including phenoxy) is 1. The maximum Gasteiger partial charge on any atom is 0.279 e. The molecular formula is C20H24Cl2N2O2. The van der Waals surface area contributed by atoms with E-state index in [2.05, 4.69) is 11.5 Å². The second-order valence-electron chi connectivity index (χ2n) is 7.51. The zero-order chi connectivity index (χ0) is 18.1. The Morgan fingerprint density at radius 2 is 2.04 bits per heavy atom. The average molecular weight is 395 g/mol. The van der Waals surface area contributed by atoms with Crippen molar-refractivity contribution >= 4 is 29.1 Å². The van der Waals surface area contributed by atoms with E-state index in [0.717, 1.165) is 25.7 Å². The summed E-state index contributed by atoms with van der Waals surface area (Å²) in [5.74, 6) is 0.894. The molecule has 1 aromatic carbocycles. The summed E-state index contributed by atoms with van der Waals surface area (Å²) in [5, 5.41) is 2.85. The summed E-state index contributed by atoms with van der Waals surface area (Å²) < 4.78 is 5.71. The molecule has 2 aliphatic carbocycles. The van der Waals surface area contributed by atoms with Gasteiger partial charge in [0.15, 0.2) is 6.61 Å². The molecule has 1 aromatic rings. The van der Waals surface area contributed by atoms with E-state index in [1.165, 1.54) is 31.4 Å². The van der Waals surface area contributed by atoms with Crippen LogP contribution in [0.4, 0.5) is 0 Å². The number of rotatable bonds is 3. The van der Waals surface area contributed by atoms with Crippen LogP contribution < -0.4 is 10.2 Å². The number of hydrazine groups is 1. The molecule has 4 rings (SSSR count). The highest BCUT2D eigenvalue weighted by Gasteiger charge is 2.53. The van der Waals surface area contributed by atoms with E-state index < -0.39 is 0 Å². The third kappa shape index (κ3) is 3.18. The van der Waals surface area contributed by atoms with Gasteiger partial charge in [0.25, 0.3) is 5.91 Å². The van der Waals surface area contributed by atoms with Crippen LogP contribution in [0.15, 0.2) is 30.0 Å². The SMILES string of the molecule is O=C(COc1ccc(Cl)cc1Cl)N1NC2=CCCC[C@H]2C12CCCCC2. The first-order valence-corrected chi connectivity index (χ1v) is 10.2. The molecule has 0 radical (unpaired) electrons. The lowest BCUT2D eigenvalue weighted by Crippen LogP contribution is -2.56. The number of amides is 1. The van der Waals surface area contributed by atoms with E-state index in [4.69, 9.17) is 27.9 Å². The van der Waals surface area contributed by atoms with Gasteiger partial charge in [-0.15, -0.1) is 0 Å². The fraction of sp³-hybridized carbons (Fsp3) is 0.550. The van der Waals surface area contributed by atoms with E-state index in [-0.39, 0.29) is 18.1 Å². The lowest BCUT2D eigenvalue weighted by atomic mass is 9.69. The lowest BCUT2D eigenvalue weighted by Gasteiger charge is -2.43. The van der Waals surface area contributed by atoms with E-state index in [1.807, 2.05) is 5.01 Å². The van der Waals surface area contributed by atoms with Crippen LogP contribution in [-0.4, -0.2) is 23.1 Å². The third-order valence-corrected chi connectivity index (χ3v) is 6.52. The Balaban J connectivity index is 1.52. The van der Waals surface area contributed by atoms with E-state index in [0.29, 0.717) is 21.7 Å². The van der Waals surface area contributed by atoms with Crippen LogP contribution >= 0.6 is 23.2 Å². The monoisotopic (exact) mass is 394 g/mol. The van der Waals surface area contributed by atoms with Gasteiger partial charge >= 0.3 is 0 Å². The number of nitrogens with one attached hydrogen (secondary N) is 1. The van der Waals surface area contributed by atoms with Crippen LogP contribution in [0.2, 0.25) is 10.0 Å². The Bertz CT molecular complexity index is 729. The van der Waals surface area contributed by atoms with Crippen LogP contribution in [-0.2, 0) is 4.79 Å². The van der Waals surface area contributed by atoms with Gasteiger partial charge in [0.1, 0.15) is 5.75 Å². The van der Waals surface area contributed by atoms with Gasteiger partial charge in [-0.1, -0.05) is 48.5 Å². The highest BCUT2D eigenvalue weighted by molar-refractivity contribution is 6.35. The predicted octanol–water partition coefficient (Wildman–Crippen LogP) is 5.11. The van der Waals surface area contributed by atoms with Gasteiger partial charge in [0, 0.05) is 16.6 Å². The van der Waals surface area contributed by atoms with Gasteiger partial charge in [-0.3, -0.25) is 10.2 Å². The second-order valence-corrected chi connectivity index (χ2v) is 8.36. The molecule has 1 N–H and O–H groups in total. The Morgan fingerprint density at radius 1 is 1.23 bits per heavy atom. The molecule has 1 amide bonds. The number of carbonyl (C=O) groups excluding carboxylic acids is 1. The van der Waals surface area contributed by atoms with Crippen molar-refractivity contribution in [1.29, 1.82) is 0 Å². The van der Waals surface area contributed by atoms with Crippen molar-refractivity contribution in [2.75, 3.05) is 6.61 Å². The zero-order valence-corrected chi connectivity index (χ0v) is 16.3. The van der Waals surface area contributed by atoms with Crippen molar-refractivity contribution in [2.24, 2.45) is 5.92 Å². The normalized spacial score (nSPS) is 24.0. The first kappa shape index (κ1) is 18.0. The van der Waals surface area contributed by atoms with Crippen LogP contribution in [0.3, 0.4) is 0 Å². The number of carbonyl (C=O) groups is 1. The summed E-state index contributed by atoms with van der Waals surface area (Å²) in [6.45, 7) is -0.0316. The fourth-order valence-electron chi connectivity index (χ4n) is 4.80. The average Bonchev–Trinajstić information content (AvgIpc) is 2.96. The number of hydrogen-bond donors (Lipinski definition) is 1. The smallest absolute Gasteiger partial charge is 0.279 e. The van der Waals surface area contributed by atoms with Crippen molar-refractivity contribution in [3.63, 3.8) is 0 Å². The summed E-state index contributed by atoms with van der Waals surface area (Å²) in [6, 6.07) is 5.04. The number of fused-ring (bicyclic) bond motifs is 2. The number of nitrogens with zero attached hydrogens (tertiary/aromatic N) is 1. The summed E-state index contributed by atoms with van der Waals surface area (Å²) in [6.07, 6.45) is 11.5. The van der Waals surface area contributed by atoms with Crippen molar-refractivity contribution in [2.45, 2.75) is 56.9 Å². The molecule has 0 unspecified atom stereocenters. The molecule has 26 heavy (non-hydrogen) atoms. The Morgan fingerprint density at radius 3 is 2.81 bits per heavy atom. The maximum atomic E-state index is 13.1. The Hall–Kier alpha value is -1.39. The number of benzene rings is 1. The molecule has 1 spiro atoms. The van der Waals surface area contributed by atoms with Crippen LogP contribution in [0, 0.1) is 5.92 Å². The van der Waals surface area contributed by atoms with Crippen molar-refractivity contribution in [3.8, 4) is 5.75 Å². The Kier molecular flexibility index (Phi) is 5.07. The first-order valence-electron chi connectivity index (χ1n) is 9.48. The minimum Gasteiger partial charge on any atom is -0.482 e. The molecule has 6 heteroatoms. The second kappa shape index (κ2) is 7.32. The topological polar surface area (TPSA) is 41.6 Å². The molecular weight excluding hydrogens is 371 g/mol. The van der Waals surface area contributed by atoms with Crippen LogP contribution in [0.1, 0.15) is 51.4 Å². The van der Waals surface area contributed by atoms with Crippen molar-refractivity contribution < 1.29 is 9.53 Å². The zero-order valence-electron chi connectivity index (χ0n) is 14.8. The van der Waals surface area contributed by atoms with E-state index >= 15 is 0 Å². The van der Waals surface area contributed by atoms with Gasteiger partial charge in [-0.25, -0.2) is 5.01 Å². The summed E-state index contributed by atoms with van der Waals surface area (Å²) in [7, 11) is 0. The summed E-state index contributed by atoms with van der Waals surface area (Å²) >= 11 is 12.1. The quantitative estimate of drug-likeness (QED) is 0.774. The van der Waals surface area contributed by atoms with E-state index in [1.54, 1.807) is 18.2 Å². The minimum atomic E-state index is -0.0886. The van der Waals surface area contributed by atoms with E-state index in [9.17, 15) is 4.79 Å². The molecule has 140 valence electrons. The number of halogens is 2. The predicted molar refractivity (Wildman–Crippen MR) is 103 cm³/mol. The molecule has 4 nitrogen and oxygen atoms in total. The van der Waals surface area contributed by atoms with Gasteiger partial charge in [-0.2, -0.15) is 0 Å². The van der Waals surface area contributed by atoms with Gasteiger partial charge in [-0.05, 0) is 50.3 Å².